The molecule has 2 aromatic heterocycles. The second-order valence-electron chi connectivity index (χ2n) is 3.62. The molecular weight excluding hydrogens is 266 g/mol. The van der Waals surface area contributed by atoms with E-state index in [1.165, 1.54) is 4.88 Å². The third-order valence-corrected chi connectivity index (χ3v) is 3.51. The molecule has 0 bridgehead atoms. The van der Waals surface area contributed by atoms with Crippen LogP contribution in [-0.2, 0) is 6.42 Å². The third-order valence-electron chi connectivity index (χ3n) is 2.38. The molecule has 0 amide bonds. The van der Waals surface area contributed by atoms with Crippen LogP contribution in [0.5, 0.6) is 0 Å². The minimum absolute atomic E-state index is 0.217. The molecule has 0 aliphatic heterocycles. The summed E-state index contributed by atoms with van der Waals surface area (Å²) in [6, 6.07) is 0. The average Bonchev–Trinajstić information content (AvgIpc) is 2.70. The van der Waals surface area contributed by atoms with Gasteiger partial charge in [-0.25, -0.2) is 15.0 Å². The van der Waals surface area contributed by atoms with E-state index in [0.29, 0.717) is 11.5 Å². The minimum atomic E-state index is 0.217. The molecule has 0 aliphatic rings. The van der Waals surface area contributed by atoms with Crippen molar-refractivity contribution >= 4 is 39.5 Å². The molecule has 0 saturated heterocycles. The quantitative estimate of drug-likeness (QED) is 0.835. The first-order valence-electron chi connectivity index (χ1n) is 5.46. The molecule has 94 valence electrons. The van der Waals surface area contributed by atoms with Gasteiger partial charge >= 0.3 is 0 Å². The largest absolute Gasteiger partial charge is 0.388 e. The van der Waals surface area contributed by atoms with E-state index < -0.39 is 0 Å². The molecule has 5 nitrogen and oxygen atoms in total. The van der Waals surface area contributed by atoms with Crippen molar-refractivity contribution in [3.63, 3.8) is 0 Å². The molecule has 0 radical (unpaired) electrons. The van der Waals surface area contributed by atoms with Crippen molar-refractivity contribution in [3.05, 3.63) is 28.7 Å². The van der Waals surface area contributed by atoms with Gasteiger partial charge in [0.05, 0.1) is 5.69 Å². The Morgan fingerprint density at radius 3 is 2.78 bits per heavy atom. The fraction of sp³-hybridized carbons (Fsp3) is 0.273. The summed E-state index contributed by atoms with van der Waals surface area (Å²) in [5, 5.41) is 3.90. The van der Waals surface area contributed by atoms with Gasteiger partial charge in [-0.15, -0.1) is 11.3 Å². The van der Waals surface area contributed by atoms with E-state index >= 15 is 0 Å². The fourth-order valence-electron chi connectivity index (χ4n) is 1.52. The molecule has 0 aromatic carbocycles. The summed E-state index contributed by atoms with van der Waals surface area (Å²) in [7, 11) is 0. The van der Waals surface area contributed by atoms with Crippen LogP contribution in [0.3, 0.4) is 0 Å². The number of hydrogen-bond acceptors (Lipinski definition) is 6. The Morgan fingerprint density at radius 2 is 2.17 bits per heavy atom. The summed E-state index contributed by atoms with van der Waals surface area (Å²) in [6.45, 7) is 4.13. The number of aryl methyl sites for hydroxylation is 2. The molecule has 0 aliphatic carbocycles. The van der Waals surface area contributed by atoms with Crippen molar-refractivity contribution in [1.82, 2.24) is 15.0 Å². The zero-order valence-electron chi connectivity index (χ0n) is 10.1. The van der Waals surface area contributed by atoms with Gasteiger partial charge in [-0.1, -0.05) is 19.1 Å². The number of thiazole rings is 1. The third kappa shape index (κ3) is 2.62. The maximum Gasteiger partial charge on any atom is 0.188 e. The van der Waals surface area contributed by atoms with Gasteiger partial charge in [0, 0.05) is 17.3 Å². The number of anilines is 2. The lowest BCUT2D eigenvalue weighted by Gasteiger charge is -2.05. The van der Waals surface area contributed by atoms with Crippen LogP contribution in [0.1, 0.15) is 23.2 Å². The van der Waals surface area contributed by atoms with E-state index in [1.54, 1.807) is 23.7 Å². The van der Waals surface area contributed by atoms with Gasteiger partial charge in [0.25, 0.3) is 0 Å². The van der Waals surface area contributed by atoms with Gasteiger partial charge in [-0.3, -0.25) is 0 Å². The Hall–Kier alpha value is -1.60. The summed E-state index contributed by atoms with van der Waals surface area (Å²) >= 11 is 6.52. The van der Waals surface area contributed by atoms with Crippen LogP contribution in [0.15, 0.2) is 12.4 Å². The lowest BCUT2D eigenvalue weighted by molar-refractivity contribution is 1.04. The van der Waals surface area contributed by atoms with Crippen molar-refractivity contribution in [2.75, 3.05) is 5.32 Å². The van der Waals surface area contributed by atoms with Crippen LogP contribution in [0.2, 0.25) is 0 Å². The van der Waals surface area contributed by atoms with Crippen molar-refractivity contribution in [2.45, 2.75) is 20.3 Å². The van der Waals surface area contributed by atoms with E-state index in [9.17, 15) is 0 Å². The first-order valence-corrected chi connectivity index (χ1v) is 6.68. The molecular formula is C11H13N5S2. The van der Waals surface area contributed by atoms with E-state index in [1.807, 2.05) is 6.92 Å². The van der Waals surface area contributed by atoms with Gasteiger partial charge < -0.3 is 11.1 Å². The monoisotopic (exact) mass is 279 g/mol. The Morgan fingerprint density at radius 1 is 1.44 bits per heavy atom. The molecule has 0 fully saturated rings. The first-order chi connectivity index (χ1) is 8.61. The molecule has 2 heterocycles. The number of rotatable bonds is 4. The number of thiocarbonyl (C=S) groups is 1. The predicted octanol–water partition coefficient (Wildman–Crippen LogP) is 2.18. The van der Waals surface area contributed by atoms with Gasteiger partial charge in [0.2, 0.25) is 0 Å². The van der Waals surface area contributed by atoms with Crippen LogP contribution in [0, 0.1) is 6.92 Å². The van der Waals surface area contributed by atoms with Gasteiger partial charge in [0.1, 0.15) is 10.7 Å². The molecule has 0 unspecified atom stereocenters. The molecule has 3 N–H and O–H groups in total. The average molecular weight is 279 g/mol. The van der Waals surface area contributed by atoms with Crippen molar-refractivity contribution in [3.8, 4) is 0 Å². The molecule has 2 rings (SSSR count). The summed E-state index contributed by atoms with van der Waals surface area (Å²) in [5.41, 5.74) is 7.17. The second-order valence-corrected chi connectivity index (χ2v) is 5.26. The van der Waals surface area contributed by atoms with Gasteiger partial charge in [-0.2, -0.15) is 0 Å². The molecule has 18 heavy (non-hydrogen) atoms. The molecule has 2 aromatic rings. The normalized spacial score (nSPS) is 10.3. The number of nitrogens with one attached hydrogen (secondary N) is 1. The number of nitrogens with zero attached hydrogens (tertiary/aromatic N) is 3. The summed E-state index contributed by atoms with van der Waals surface area (Å²) in [6.07, 6.45) is 4.06. The number of hydrogen-bond donors (Lipinski definition) is 2. The highest BCUT2D eigenvalue weighted by Crippen LogP contribution is 2.25. The predicted molar refractivity (Wildman–Crippen MR) is 77.4 cm³/mol. The zero-order chi connectivity index (χ0) is 13.1. The lowest BCUT2D eigenvalue weighted by Crippen LogP contribution is -2.14. The van der Waals surface area contributed by atoms with E-state index in [2.05, 4.69) is 27.2 Å². The van der Waals surface area contributed by atoms with Crippen LogP contribution in [0.4, 0.5) is 10.9 Å². The first kappa shape index (κ1) is 12.8. The van der Waals surface area contributed by atoms with Gasteiger partial charge in [-0.05, 0) is 13.3 Å². The zero-order valence-corrected chi connectivity index (χ0v) is 11.7. The Kier molecular flexibility index (Phi) is 3.83. The maximum absolute atomic E-state index is 5.60. The SMILES string of the molecule is CCc1nc(Nc2nccnc2C(N)=S)sc1C. The second kappa shape index (κ2) is 5.36. The topological polar surface area (TPSA) is 76.7 Å². The molecule has 7 heteroatoms. The maximum atomic E-state index is 5.60. The number of aromatic nitrogens is 3. The van der Waals surface area contributed by atoms with Crippen LogP contribution < -0.4 is 11.1 Å². The summed E-state index contributed by atoms with van der Waals surface area (Å²) in [4.78, 5) is 14.2. The van der Waals surface area contributed by atoms with Crippen molar-refractivity contribution in [1.29, 1.82) is 0 Å². The standard InChI is InChI=1S/C11H13N5S2/c1-3-7-6(2)18-11(15-7)16-10-8(9(12)17)13-4-5-14-10/h4-5H,3H2,1-2H3,(H2,12,17)(H,14,15,16). The highest BCUT2D eigenvalue weighted by molar-refractivity contribution is 7.80. The van der Waals surface area contributed by atoms with Crippen LogP contribution >= 0.6 is 23.6 Å². The van der Waals surface area contributed by atoms with E-state index in [4.69, 9.17) is 18.0 Å². The van der Waals surface area contributed by atoms with E-state index in [-0.39, 0.29) is 4.99 Å². The molecule has 0 saturated carbocycles. The van der Waals surface area contributed by atoms with Gasteiger partial charge in [0.15, 0.2) is 10.9 Å². The smallest absolute Gasteiger partial charge is 0.188 e. The van der Waals surface area contributed by atoms with Crippen molar-refractivity contribution in [2.24, 2.45) is 5.73 Å². The Balaban J connectivity index is 2.31. The highest BCUT2D eigenvalue weighted by Gasteiger charge is 2.11. The minimum Gasteiger partial charge on any atom is -0.388 e. The summed E-state index contributed by atoms with van der Waals surface area (Å²) < 4.78 is 0. The lowest BCUT2D eigenvalue weighted by atomic mass is 10.3. The highest BCUT2D eigenvalue weighted by atomic mass is 32.1. The molecule has 0 atom stereocenters. The Bertz CT molecular complexity index is 579. The van der Waals surface area contributed by atoms with E-state index in [0.717, 1.165) is 17.2 Å². The fourth-order valence-corrected chi connectivity index (χ4v) is 2.57. The van der Waals surface area contributed by atoms with Crippen LogP contribution in [-0.4, -0.2) is 19.9 Å². The Labute approximate surface area is 114 Å². The van der Waals surface area contributed by atoms with Crippen molar-refractivity contribution < 1.29 is 0 Å². The molecule has 0 spiro atoms. The summed E-state index contributed by atoms with van der Waals surface area (Å²) in [5.74, 6) is 0.543. The number of nitrogens with two attached hydrogens (primary N) is 1. The van der Waals surface area contributed by atoms with Crippen LogP contribution in [0.25, 0.3) is 0 Å².